The van der Waals surface area contributed by atoms with Gasteiger partial charge >= 0.3 is 0 Å². The van der Waals surface area contributed by atoms with Crippen LogP contribution in [0.25, 0.3) is 0 Å². The smallest absolute Gasteiger partial charge is 0.240 e. The van der Waals surface area contributed by atoms with Crippen LogP contribution in [0, 0.1) is 0 Å². The summed E-state index contributed by atoms with van der Waals surface area (Å²) in [4.78, 5) is 11.2. The standard InChI is InChI=1S/C19H27N3O3/c1-4-5-15-10-14(17-7-9-19(24)22-21-17)6-8-18(15)25-12-16(23)11-20-13(2)3/h4,6,8,10,13,16,20,23H,1,5,7,9,11-12H2,2-3H3,(H,22,24). The van der Waals surface area contributed by atoms with Gasteiger partial charge in [0.15, 0.2) is 0 Å². The van der Waals surface area contributed by atoms with Crippen LogP contribution in [0.2, 0.25) is 0 Å². The quantitative estimate of drug-likeness (QED) is 0.596. The summed E-state index contributed by atoms with van der Waals surface area (Å²) in [5, 5.41) is 17.3. The number of hydrogen-bond acceptors (Lipinski definition) is 5. The van der Waals surface area contributed by atoms with Crippen molar-refractivity contribution in [3.8, 4) is 5.75 Å². The van der Waals surface area contributed by atoms with E-state index < -0.39 is 6.10 Å². The molecule has 1 heterocycles. The fraction of sp³-hybridized carbons (Fsp3) is 0.474. The van der Waals surface area contributed by atoms with Crippen molar-refractivity contribution in [1.29, 1.82) is 0 Å². The van der Waals surface area contributed by atoms with E-state index in [2.05, 4.69) is 22.4 Å². The van der Waals surface area contributed by atoms with Gasteiger partial charge in [-0.15, -0.1) is 6.58 Å². The number of carbonyl (C=O) groups is 1. The molecule has 25 heavy (non-hydrogen) atoms. The molecule has 1 aromatic rings. The van der Waals surface area contributed by atoms with Crippen molar-refractivity contribution in [2.75, 3.05) is 13.2 Å². The molecule has 6 nitrogen and oxygen atoms in total. The van der Waals surface area contributed by atoms with Crippen molar-refractivity contribution in [3.05, 3.63) is 42.0 Å². The van der Waals surface area contributed by atoms with Crippen LogP contribution >= 0.6 is 0 Å². The van der Waals surface area contributed by atoms with Crippen LogP contribution in [0.1, 0.15) is 37.8 Å². The van der Waals surface area contributed by atoms with Crippen LogP contribution in [0.5, 0.6) is 5.75 Å². The van der Waals surface area contributed by atoms with E-state index in [0.29, 0.717) is 31.8 Å². The Hall–Kier alpha value is -2.18. The molecule has 0 aromatic heterocycles. The molecule has 0 saturated heterocycles. The Bertz CT molecular complexity index is 641. The molecule has 1 aliphatic rings. The third-order valence-corrected chi connectivity index (χ3v) is 3.86. The topological polar surface area (TPSA) is 83.0 Å². The number of benzene rings is 1. The van der Waals surface area contributed by atoms with E-state index in [1.54, 1.807) is 0 Å². The Balaban J connectivity index is 2.05. The number of carbonyl (C=O) groups excluding carboxylic acids is 1. The van der Waals surface area contributed by atoms with E-state index in [0.717, 1.165) is 22.6 Å². The molecule has 1 amide bonds. The molecule has 0 saturated carbocycles. The molecule has 136 valence electrons. The van der Waals surface area contributed by atoms with Gasteiger partial charge in [0.2, 0.25) is 5.91 Å². The molecule has 1 unspecified atom stereocenters. The maximum absolute atomic E-state index is 11.2. The maximum atomic E-state index is 11.2. The van der Waals surface area contributed by atoms with E-state index in [-0.39, 0.29) is 12.5 Å². The summed E-state index contributed by atoms with van der Waals surface area (Å²) in [6, 6.07) is 6.14. The molecule has 6 heteroatoms. The first-order chi connectivity index (χ1) is 12.0. The van der Waals surface area contributed by atoms with E-state index in [1.807, 2.05) is 38.1 Å². The summed E-state index contributed by atoms with van der Waals surface area (Å²) in [7, 11) is 0. The average molecular weight is 345 g/mol. The van der Waals surface area contributed by atoms with Crippen molar-refractivity contribution in [1.82, 2.24) is 10.7 Å². The van der Waals surface area contributed by atoms with Crippen LogP contribution in [-0.4, -0.2) is 42.0 Å². The number of hydrogen-bond donors (Lipinski definition) is 3. The molecule has 1 aromatic carbocycles. The Morgan fingerprint density at radius 1 is 1.44 bits per heavy atom. The summed E-state index contributed by atoms with van der Waals surface area (Å²) in [5.74, 6) is 0.673. The molecule has 1 aliphatic heterocycles. The van der Waals surface area contributed by atoms with E-state index >= 15 is 0 Å². The minimum atomic E-state index is -0.573. The van der Waals surface area contributed by atoms with Gasteiger partial charge in [-0.05, 0) is 35.7 Å². The Kier molecular flexibility index (Phi) is 7.16. The molecule has 0 aliphatic carbocycles. The number of amides is 1. The van der Waals surface area contributed by atoms with Gasteiger partial charge in [0.25, 0.3) is 0 Å². The van der Waals surface area contributed by atoms with Gasteiger partial charge in [-0.1, -0.05) is 19.9 Å². The Morgan fingerprint density at radius 3 is 2.88 bits per heavy atom. The highest BCUT2D eigenvalue weighted by atomic mass is 16.5. The molecule has 0 bridgehead atoms. The number of nitrogens with one attached hydrogen (secondary N) is 2. The number of aliphatic hydroxyl groups is 1. The molecular formula is C19H27N3O3. The zero-order valence-corrected chi connectivity index (χ0v) is 14.9. The van der Waals surface area contributed by atoms with Crippen LogP contribution < -0.4 is 15.5 Å². The van der Waals surface area contributed by atoms with E-state index in [4.69, 9.17) is 4.74 Å². The lowest BCUT2D eigenvalue weighted by atomic mass is 10.00. The minimum Gasteiger partial charge on any atom is -0.491 e. The van der Waals surface area contributed by atoms with Gasteiger partial charge in [-0.25, -0.2) is 5.43 Å². The first-order valence-electron chi connectivity index (χ1n) is 8.63. The summed E-state index contributed by atoms with van der Waals surface area (Å²) in [5.41, 5.74) is 5.32. The van der Waals surface area contributed by atoms with Crippen molar-refractivity contribution in [3.63, 3.8) is 0 Å². The minimum absolute atomic E-state index is 0.0565. The third-order valence-electron chi connectivity index (χ3n) is 3.86. The lowest BCUT2D eigenvalue weighted by molar-refractivity contribution is -0.121. The maximum Gasteiger partial charge on any atom is 0.240 e. The lowest BCUT2D eigenvalue weighted by Crippen LogP contribution is -2.35. The third kappa shape index (κ3) is 5.99. The van der Waals surface area contributed by atoms with Crippen molar-refractivity contribution in [2.45, 2.75) is 45.3 Å². The SMILES string of the molecule is C=CCc1cc(C2=NNC(=O)CC2)ccc1OCC(O)CNC(C)C. The second kappa shape index (κ2) is 9.34. The number of nitrogens with zero attached hydrogens (tertiary/aromatic N) is 1. The Morgan fingerprint density at radius 2 is 2.24 bits per heavy atom. The van der Waals surface area contributed by atoms with Crippen LogP contribution in [0.4, 0.5) is 0 Å². The normalized spacial score (nSPS) is 15.5. The van der Waals surface area contributed by atoms with Gasteiger partial charge in [-0.3, -0.25) is 4.79 Å². The summed E-state index contributed by atoms with van der Waals surface area (Å²) < 4.78 is 5.80. The molecule has 1 atom stereocenters. The van der Waals surface area contributed by atoms with Crippen molar-refractivity contribution in [2.24, 2.45) is 5.10 Å². The average Bonchev–Trinajstić information content (AvgIpc) is 2.59. The van der Waals surface area contributed by atoms with Gasteiger partial charge in [0.05, 0.1) is 5.71 Å². The second-order valence-electron chi connectivity index (χ2n) is 6.44. The molecule has 2 rings (SSSR count). The summed E-state index contributed by atoms with van der Waals surface area (Å²) in [6.07, 6.45) is 2.97. The summed E-state index contributed by atoms with van der Waals surface area (Å²) >= 11 is 0. The predicted molar refractivity (Wildman–Crippen MR) is 98.9 cm³/mol. The zero-order chi connectivity index (χ0) is 18.2. The van der Waals surface area contributed by atoms with Crippen LogP contribution in [0.3, 0.4) is 0 Å². The van der Waals surface area contributed by atoms with E-state index in [1.165, 1.54) is 0 Å². The fourth-order valence-corrected chi connectivity index (χ4v) is 2.51. The lowest BCUT2D eigenvalue weighted by Gasteiger charge is -2.18. The Labute approximate surface area is 149 Å². The van der Waals surface area contributed by atoms with E-state index in [9.17, 15) is 9.90 Å². The molecule has 0 spiro atoms. The number of rotatable bonds is 9. The number of ether oxygens (including phenoxy) is 1. The number of hydrazone groups is 1. The highest BCUT2D eigenvalue weighted by Gasteiger charge is 2.15. The van der Waals surface area contributed by atoms with Gasteiger partial charge < -0.3 is 15.2 Å². The monoisotopic (exact) mass is 345 g/mol. The van der Waals surface area contributed by atoms with Gasteiger partial charge in [0.1, 0.15) is 18.5 Å². The first kappa shape index (κ1) is 19.1. The van der Waals surface area contributed by atoms with Crippen LogP contribution in [-0.2, 0) is 11.2 Å². The molecule has 0 fully saturated rings. The highest BCUT2D eigenvalue weighted by Crippen LogP contribution is 2.23. The van der Waals surface area contributed by atoms with Gasteiger partial charge in [0, 0.05) is 25.4 Å². The largest absolute Gasteiger partial charge is 0.491 e. The first-order valence-corrected chi connectivity index (χ1v) is 8.63. The number of allylic oxidation sites excluding steroid dienone is 1. The molecular weight excluding hydrogens is 318 g/mol. The second-order valence-corrected chi connectivity index (χ2v) is 6.44. The summed E-state index contributed by atoms with van der Waals surface area (Å²) in [6.45, 7) is 8.57. The predicted octanol–water partition coefficient (Wildman–Crippen LogP) is 1.77. The van der Waals surface area contributed by atoms with Crippen LogP contribution in [0.15, 0.2) is 36.0 Å². The fourth-order valence-electron chi connectivity index (χ4n) is 2.51. The van der Waals surface area contributed by atoms with Crippen molar-refractivity contribution < 1.29 is 14.6 Å². The van der Waals surface area contributed by atoms with Crippen molar-refractivity contribution >= 4 is 11.6 Å². The van der Waals surface area contributed by atoms with Gasteiger partial charge in [-0.2, -0.15) is 5.10 Å². The zero-order valence-electron chi connectivity index (χ0n) is 14.9. The number of aliphatic hydroxyl groups excluding tert-OH is 1. The highest BCUT2D eigenvalue weighted by molar-refractivity contribution is 6.04. The molecule has 0 radical (unpaired) electrons. The molecule has 3 N–H and O–H groups in total.